The topological polar surface area (TPSA) is 259 Å². The second-order valence-corrected chi connectivity index (χ2v) is 35.7. The molecule has 106 heavy (non-hydrogen) atoms. The Bertz CT molecular complexity index is 4250. The van der Waals surface area contributed by atoms with Crippen LogP contribution in [0.25, 0.3) is 0 Å². The SMILES string of the molecule is Cc1nc(C)c2c(n1)[C@@]1(C)C/C(=C/O)C(=O)[C@@H](C)[C@@H]1CC2.Cc1nc(C)c2c(n1)[C@@]1(C)CCC(=O)[C@@H](C)[C@@H]1CC2.Cc1nc(C)c2c(n1)[C@@]1(C)CCC3(OCCO3)[C@@H](C)[C@@H]1CC2.Cc1nc(Cl)c2c(n1)[C@@]1(C)CCC3(OCCO3)[C@@H](C)[C@@H]1CC2.Cc1nc2c(c(=O)[nH]1)CC[C@H]1[C@H](C)C3(CC[C@]21C)OCCO3. The molecular formula is C85H117ClN10O10. The molecule has 15 atom stereocenters. The second-order valence-electron chi connectivity index (χ2n) is 35.4. The summed E-state index contributed by atoms with van der Waals surface area (Å²) in [5.74, 6) is 6.95. The zero-order valence-electron chi connectivity index (χ0n) is 66.6. The van der Waals surface area contributed by atoms with Gasteiger partial charge in [0, 0.05) is 116 Å². The van der Waals surface area contributed by atoms with Crippen molar-refractivity contribution in [3.8, 4) is 0 Å². The van der Waals surface area contributed by atoms with Crippen LogP contribution in [0.4, 0.5) is 0 Å². The van der Waals surface area contributed by atoms with Gasteiger partial charge in [0.05, 0.1) is 74.4 Å². The van der Waals surface area contributed by atoms with Crippen LogP contribution in [0, 0.1) is 115 Å². The summed E-state index contributed by atoms with van der Waals surface area (Å²) in [5.41, 5.74) is 15.7. The van der Waals surface area contributed by atoms with Crippen molar-refractivity contribution >= 4 is 23.2 Å². The third-order valence-electron chi connectivity index (χ3n) is 29.8. The Morgan fingerprint density at radius 3 is 1.13 bits per heavy atom. The number of ether oxygens (including phenoxy) is 6. The molecule has 0 amide bonds. The van der Waals surface area contributed by atoms with Crippen LogP contribution in [0.2, 0.25) is 5.15 Å². The van der Waals surface area contributed by atoms with Crippen LogP contribution in [0.5, 0.6) is 0 Å². The maximum absolute atomic E-state index is 12.3. The number of nitrogens with one attached hydrogen (secondary N) is 1. The number of aryl methyl sites for hydroxylation is 8. The van der Waals surface area contributed by atoms with E-state index in [9.17, 15) is 19.5 Å². The number of aromatic amines is 1. The van der Waals surface area contributed by atoms with E-state index in [1.807, 2.05) is 48.5 Å². The van der Waals surface area contributed by atoms with Crippen LogP contribution in [0.15, 0.2) is 16.6 Å². The van der Waals surface area contributed by atoms with Crippen molar-refractivity contribution < 1.29 is 43.1 Å². The molecule has 0 unspecified atom stereocenters. The number of aromatic nitrogens is 10. The van der Waals surface area contributed by atoms with Crippen molar-refractivity contribution in [1.82, 2.24) is 49.8 Å². The highest BCUT2D eigenvalue weighted by Gasteiger charge is 2.62. The van der Waals surface area contributed by atoms with E-state index in [1.165, 1.54) is 45.9 Å². The molecule has 5 saturated carbocycles. The van der Waals surface area contributed by atoms with Crippen molar-refractivity contribution in [2.45, 2.75) is 291 Å². The number of aliphatic hydroxyl groups excluding tert-OH is 1. The van der Waals surface area contributed by atoms with Gasteiger partial charge in [-0.05, 0) is 198 Å². The number of H-pyrrole nitrogens is 1. The second kappa shape index (κ2) is 28.5. The number of hydrogen-bond donors (Lipinski definition) is 2. The zero-order valence-corrected chi connectivity index (χ0v) is 67.3. The van der Waals surface area contributed by atoms with Gasteiger partial charge in [0.2, 0.25) is 0 Å². The quantitative estimate of drug-likeness (QED) is 0.0829. The summed E-state index contributed by atoms with van der Waals surface area (Å²) in [6, 6.07) is 0. The fourth-order valence-electron chi connectivity index (χ4n) is 23.9. The maximum Gasteiger partial charge on any atom is 0.254 e. The van der Waals surface area contributed by atoms with Gasteiger partial charge < -0.3 is 38.5 Å². The van der Waals surface area contributed by atoms with Crippen LogP contribution in [-0.2, 0) is 97.2 Å². The number of carbonyl (C=O) groups excluding carboxylic acids is 2. The normalized spacial score (nSPS) is 35.3. The van der Waals surface area contributed by atoms with Gasteiger partial charge in [-0.15, -0.1) is 0 Å². The summed E-state index contributed by atoms with van der Waals surface area (Å²) in [7, 11) is 0. The number of ketones is 2. The Balaban J connectivity index is 0.000000111. The molecule has 2 N–H and O–H groups in total. The number of allylic oxidation sites excluding steroid dienone is 1. The van der Waals surface area contributed by atoms with Gasteiger partial charge in [-0.3, -0.25) is 14.4 Å². The summed E-state index contributed by atoms with van der Waals surface area (Å²) in [4.78, 5) is 81.3. The van der Waals surface area contributed by atoms with E-state index in [0.717, 1.165) is 193 Å². The largest absolute Gasteiger partial charge is 0.515 e. The van der Waals surface area contributed by atoms with Gasteiger partial charge in [-0.2, -0.15) is 0 Å². The summed E-state index contributed by atoms with van der Waals surface area (Å²) >= 11 is 6.40. The molecule has 13 aliphatic rings. The van der Waals surface area contributed by atoms with Crippen molar-refractivity contribution in [2.75, 3.05) is 39.6 Å². The Morgan fingerprint density at radius 1 is 0.396 bits per heavy atom. The van der Waals surface area contributed by atoms with Gasteiger partial charge in [0.1, 0.15) is 40.1 Å². The molecule has 0 bridgehead atoms. The van der Waals surface area contributed by atoms with Crippen molar-refractivity contribution in [3.05, 3.63) is 130 Å². The number of halogens is 1. The molecule has 0 aromatic carbocycles. The number of aliphatic hydroxyl groups is 1. The lowest BCUT2D eigenvalue weighted by Gasteiger charge is -2.54. The number of hydrogen-bond acceptors (Lipinski definition) is 19. The number of rotatable bonds is 0. The van der Waals surface area contributed by atoms with E-state index >= 15 is 0 Å². The molecule has 8 fully saturated rings. The molecule has 3 saturated heterocycles. The molecule has 3 spiro atoms. The smallest absolute Gasteiger partial charge is 0.254 e. The molecule has 10 aliphatic carbocycles. The van der Waals surface area contributed by atoms with E-state index in [4.69, 9.17) is 64.9 Å². The van der Waals surface area contributed by atoms with E-state index in [2.05, 4.69) is 101 Å². The fourth-order valence-corrected chi connectivity index (χ4v) is 24.2. The van der Waals surface area contributed by atoms with Crippen molar-refractivity contribution in [2.24, 2.45) is 59.2 Å². The molecule has 3 aliphatic heterocycles. The first-order valence-electron chi connectivity index (χ1n) is 40.1. The van der Waals surface area contributed by atoms with Gasteiger partial charge >= 0.3 is 0 Å². The van der Waals surface area contributed by atoms with E-state index in [1.54, 1.807) is 0 Å². The van der Waals surface area contributed by atoms with Crippen LogP contribution in [-0.4, -0.2) is 124 Å². The Kier molecular flexibility index (Phi) is 20.6. The monoisotopic (exact) mass is 1470 g/mol. The highest BCUT2D eigenvalue weighted by atomic mass is 35.5. The predicted octanol–water partition coefficient (Wildman–Crippen LogP) is 14.5. The summed E-state index contributed by atoms with van der Waals surface area (Å²) in [6.07, 6.45) is 19.3. The first-order valence-corrected chi connectivity index (χ1v) is 40.5. The molecule has 8 heterocycles. The van der Waals surface area contributed by atoms with Gasteiger partial charge in [-0.25, -0.2) is 44.9 Å². The van der Waals surface area contributed by atoms with E-state index in [-0.39, 0.29) is 67.7 Å². The highest BCUT2D eigenvalue weighted by Crippen LogP contribution is 2.61. The minimum Gasteiger partial charge on any atom is -0.515 e. The number of nitrogens with zero attached hydrogens (tertiary/aromatic N) is 9. The Labute approximate surface area is 632 Å². The first kappa shape index (κ1) is 76.9. The number of fused-ring (bicyclic) bond motifs is 15. The number of carbonyl (C=O) groups is 2. The maximum atomic E-state index is 12.3. The number of Topliss-reactive ketones (excluding diaryl/α,β-unsaturated/α-hetero) is 2. The standard InChI is InChI=1S/C18H26N2O2.C17H23ClN2O2.C17H24N2O3.C17H22N2O2.C16H22N2O/c1-11-15-6-5-14-12(2)19-13(3)20-16(14)17(15,4)7-8-18(11)21-9-10-22-18;1-10-13-5-4-12-14(19-11(2)20-15(12)18)16(13,3)6-7-17(10)21-8-9-22-17;1-10-13-5-4-12-14(18-11(2)19-15(12)20)16(13,3)6-7-17(10)21-8-9-22-17;1-9-14-6-5-13-10(2)18-11(3)19-16(13)17(14,4)7-12(8-20)15(9)21;1-9-13-6-5-12-10(2)17-11(3)18-15(12)16(13,4)8-7-14(9)19/h11,15H,5-10H2,1-4H3;10,13H,4-9H2,1-3H3;10,13H,4-9H2,1-3H3,(H,18,19,20);8-9,14,20H,5-7H2,1-4H3;9,13H,5-8H2,1-4H3/b;;;12-8-;/t11-,15-,17-;2*10-,13-,16-;9-,14-,17-;9-,13-,16-/m00000/s1. The third-order valence-corrected chi connectivity index (χ3v) is 30.1. The lowest BCUT2D eigenvalue weighted by molar-refractivity contribution is -0.235. The fraction of sp³-hybridized carbons (Fsp3) is 0.718. The minimum absolute atomic E-state index is 0.0449. The average Bonchev–Trinajstić information content (AvgIpc) is 1.69. The summed E-state index contributed by atoms with van der Waals surface area (Å²) in [6.45, 7) is 42.7. The van der Waals surface area contributed by atoms with Crippen LogP contribution in [0.1, 0.15) is 262 Å². The van der Waals surface area contributed by atoms with Crippen LogP contribution >= 0.6 is 11.6 Å². The average molecular weight is 1470 g/mol. The van der Waals surface area contributed by atoms with E-state index in [0.29, 0.717) is 89.8 Å². The molecule has 0 radical (unpaired) electrons. The molecule has 21 heteroatoms. The van der Waals surface area contributed by atoms with Crippen molar-refractivity contribution in [1.29, 1.82) is 0 Å². The Hall–Kier alpha value is -5.87. The van der Waals surface area contributed by atoms with Crippen LogP contribution in [0.3, 0.4) is 0 Å². The zero-order chi connectivity index (χ0) is 75.8. The highest BCUT2D eigenvalue weighted by molar-refractivity contribution is 6.30. The molecular weight excluding hydrogens is 1360 g/mol. The van der Waals surface area contributed by atoms with E-state index < -0.39 is 5.79 Å². The predicted molar refractivity (Wildman–Crippen MR) is 404 cm³/mol. The summed E-state index contributed by atoms with van der Waals surface area (Å²) in [5, 5.41) is 10.1. The lowest BCUT2D eigenvalue weighted by atomic mass is 9.55. The third kappa shape index (κ3) is 12.7. The van der Waals surface area contributed by atoms with Crippen LogP contribution < -0.4 is 5.56 Å². The summed E-state index contributed by atoms with van der Waals surface area (Å²) < 4.78 is 36.2. The van der Waals surface area contributed by atoms with Gasteiger partial charge in [0.15, 0.2) is 23.1 Å². The minimum atomic E-state index is -0.405. The molecule has 5 aromatic rings. The van der Waals surface area contributed by atoms with Gasteiger partial charge in [-0.1, -0.05) is 80.8 Å². The van der Waals surface area contributed by atoms with Gasteiger partial charge in [0.25, 0.3) is 5.56 Å². The molecule has 20 nitrogen and oxygen atoms in total. The van der Waals surface area contributed by atoms with Crippen molar-refractivity contribution in [3.63, 3.8) is 0 Å². The molecule has 5 aromatic heterocycles. The Morgan fingerprint density at radius 2 is 0.726 bits per heavy atom. The lowest BCUT2D eigenvalue weighted by Crippen LogP contribution is -2.56. The molecule has 574 valence electrons. The first-order chi connectivity index (χ1) is 50.2. The molecule has 18 rings (SSSR count).